The van der Waals surface area contributed by atoms with Crippen LogP contribution in [0, 0.1) is 0 Å². The first-order valence-electron chi connectivity index (χ1n) is 5.37. The first-order chi connectivity index (χ1) is 8.38. The van der Waals surface area contributed by atoms with E-state index in [-0.39, 0.29) is 12.7 Å². The van der Waals surface area contributed by atoms with Crippen molar-refractivity contribution in [3.8, 4) is 0 Å². The Hall–Kier alpha value is -1.06. The number of aldehydes is 1. The van der Waals surface area contributed by atoms with Crippen LogP contribution in [-0.2, 0) is 14.3 Å². The number of ether oxygens (including phenoxy) is 1. The Morgan fingerprint density at radius 1 is 1.28 bits per heavy atom. The van der Waals surface area contributed by atoms with E-state index in [0.29, 0.717) is 0 Å². The van der Waals surface area contributed by atoms with Gasteiger partial charge in [0.25, 0.3) is 0 Å². The number of carbonyl (C=O) groups excluding carboxylic acids is 2. The zero-order valence-electron chi connectivity index (χ0n) is 9.84. The normalized spacial score (nSPS) is 19.4. The monoisotopic (exact) mass is 266 g/mol. The van der Waals surface area contributed by atoms with E-state index < -0.39 is 43.1 Å². The Kier molecular flexibility index (Phi) is 7.64. The molecule has 0 amide bonds. The summed E-state index contributed by atoms with van der Waals surface area (Å²) in [6, 6.07) is 0. The van der Waals surface area contributed by atoms with Crippen LogP contribution in [0.2, 0.25) is 0 Å². The van der Waals surface area contributed by atoms with Crippen LogP contribution in [0.3, 0.4) is 0 Å². The maximum Gasteiger partial charge on any atom is 0.335 e. The average Bonchev–Trinajstić information content (AvgIpc) is 2.40. The molecule has 0 aliphatic heterocycles. The molecule has 0 aliphatic carbocycles. The molecule has 18 heavy (non-hydrogen) atoms. The predicted molar refractivity (Wildman–Crippen MR) is 57.3 cm³/mol. The molecule has 0 rings (SSSR count). The summed E-state index contributed by atoms with van der Waals surface area (Å²) in [5.41, 5.74) is 0. The topological polar surface area (TPSA) is 145 Å². The second kappa shape index (κ2) is 8.11. The first-order valence-corrected chi connectivity index (χ1v) is 5.37. The van der Waals surface area contributed by atoms with E-state index >= 15 is 0 Å². The van der Waals surface area contributed by atoms with Crippen molar-refractivity contribution in [2.24, 2.45) is 0 Å². The molecule has 0 bridgehead atoms. The van der Waals surface area contributed by atoms with E-state index in [4.69, 9.17) is 15.3 Å². The molecule has 5 unspecified atom stereocenters. The largest absolute Gasteiger partial charge is 0.454 e. The minimum atomic E-state index is -1.88. The lowest BCUT2D eigenvalue weighted by atomic mass is 10.0. The molecule has 0 aromatic heterocycles. The molecule has 0 aliphatic rings. The van der Waals surface area contributed by atoms with Crippen LogP contribution in [0.1, 0.15) is 13.3 Å². The summed E-state index contributed by atoms with van der Waals surface area (Å²) in [5, 5.41) is 45.7. The average molecular weight is 266 g/mol. The molecule has 0 saturated heterocycles. The van der Waals surface area contributed by atoms with Crippen molar-refractivity contribution < 1.29 is 39.9 Å². The summed E-state index contributed by atoms with van der Waals surface area (Å²) >= 11 is 0. The Labute approximate surface area is 103 Å². The molecule has 106 valence electrons. The van der Waals surface area contributed by atoms with Crippen molar-refractivity contribution in [2.75, 3.05) is 6.61 Å². The molecule has 0 fully saturated rings. The second-order valence-corrected chi connectivity index (χ2v) is 3.69. The van der Waals surface area contributed by atoms with Gasteiger partial charge in [0.15, 0.2) is 18.5 Å². The highest BCUT2D eigenvalue weighted by atomic mass is 16.6. The Bertz CT molecular complexity index is 269. The molecule has 8 nitrogen and oxygen atoms in total. The standard InChI is InChI=1S/C10H18O8/c1-2-5(13)10(17)18-9(7(15)4-12)8(16)6(14)3-11/h4-9,11,13-16H,2-3H2,1H3. The summed E-state index contributed by atoms with van der Waals surface area (Å²) in [6.07, 6.45) is -8.62. The molecule has 8 heteroatoms. The molecule has 0 radical (unpaired) electrons. The molecule has 0 saturated carbocycles. The van der Waals surface area contributed by atoms with Gasteiger partial charge < -0.3 is 35.1 Å². The molecule has 5 atom stereocenters. The van der Waals surface area contributed by atoms with E-state index in [2.05, 4.69) is 4.74 Å². The highest BCUT2D eigenvalue weighted by Crippen LogP contribution is 2.10. The summed E-state index contributed by atoms with van der Waals surface area (Å²) in [7, 11) is 0. The lowest BCUT2D eigenvalue weighted by Crippen LogP contribution is -2.49. The van der Waals surface area contributed by atoms with Crippen molar-refractivity contribution in [1.82, 2.24) is 0 Å². The van der Waals surface area contributed by atoms with Gasteiger partial charge in [-0.3, -0.25) is 0 Å². The Morgan fingerprint density at radius 2 is 1.83 bits per heavy atom. The number of aliphatic hydroxyl groups excluding tert-OH is 5. The van der Waals surface area contributed by atoms with Gasteiger partial charge in [0.1, 0.15) is 18.3 Å². The van der Waals surface area contributed by atoms with Crippen molar-refractivity contribution >= 4 is 12.3 Å². The van der Waals surface area contributed by atoms with Crippen molar-refractivity contribution in [3.05, 3.63) is 0 Å². The van der Waals surface area contributed by atoms with Gasteiger partial charge in [-0.2, -0.15) is 0 Å². The quantitative estimate of drug-likeness (QED) is 0.230. The van der Waals surface area contributed by atoms with Crippen LogP contribution >= 0.6 is 0 Å². The van der Waals surface area contributed by atoms with Crippen LogP contribution < -0.4 is 0 Å². The fraction of sp³-hybridized carbons (Fsp3) is 0.800. The van der Waals surface area contributed by atoms with Crippen LogP contribution in [0.25, 0.3) is 0 Å². The zero-order valence-corrected chi connectivity index (χ0v) is 9.84. The van der Waals surface area contributed by atoms with Crippen molar-refractivity contribution in [2.45, 2.75) is 43.9 Å². The van der Waals surface area contributed by atoms with Crippen molar-refractivity contribution in [1.29, 1.82) is 0 Å². The number of aliphatic hydroxyl groups is 5. The van der Waals surface area contributed by atoms with Crippen LogP contribution in [0.4, 0.5) is 0 Å². The Balaban J connectivity index is 4.79. The molecule has 0 aromatic carbocycles. The van der Waals surface area contributed by atoms with Crippen LogP contribution in [0.5, 0.6) is 0 Å². The fourth-order valence-electron chi connectivity index (χ4n) is 1.13. The molecule has 0 aromatic rings. The lowest BCUT2D eigenvalue weighted by Gasteiger charge is -2.27. The third kappa shape index (κ3) is 4.67. The smallest absolute Gasteiger partial charge is 0.335 e. The molecular formula is C10H18O8. The zero-order chi connectivity index (χ0) is 14.3. The summed E-state index contributed by atoms with van der Waals surface area (Å²) in [5.74, 6) is -1.15. The van der Waals surface area contributed by atoms with Crippen LogP contribution in [0.15, 0.2) is 0 Å². The highest BCUT2D eigenvalue weighted by Gasteiger charge is 2.36. The third-order valence-corrected chi connectivity index (χ3v) is 2.30. The van der Waals surface area contributed by atoms with Gasteiger partial charge in [-0.25, -0.2) is 4.79 Å². The predicted octanol–water partition coefficient (Wildman–Crippen LogP) is -3.06. The fourth-order valence-corrected chi connectivity index (χ4v) is 1.13. The summed E-state index contributed by atoms with van der Waals surface area (Å²) in [6.45, 7) is 0.646. The highest BCUT2D eigenvalue weighted by molar-refractivity contribution is 5.75. The number of hydrogen-bond donors (Lipinski definition) is 5. The minimum absolute atomic E-state index is 0.00356. The molecule has 0 spiro atoms. The Morgan fingerprint density at radius 3 is 2.22 bits per heavy atom. The van der Waals surface area contributed by atoms with Gasteiger partial charge >= 0.3 is 5.97 Å². The van der Waals surface area contributed by atoms with Gasteiger partial charge in [-0.1, -0.05) is 6.92 Å². The van der Waals surface area contributed by atoms with Gasteiger partial charge in [0.05, 0.1) is 6.61 Å². The van der Waals surface area contributed by atoms with E-state index in [1.807, 2.05) is 0 Å². The minimum Gasteiger partial charge on any atom is -0.454 e. The number of esters is 1. The van der Waals surface area contributed by atoms with E-state index in [1.165, 1.54) is 6.92 Å². The SMILES string of the molecule is CCC(O)C(=O)OC(C(O)C=O)C(O)C(O)CO. The maximum atomic E-state index is 11.3. The van der Waals surface area contributed by atoms with Gasteiger partial charge in [0, 0.05) is 0 Å². The van der Waals surface area contributed by atoms with Gasteiger partial charge in [-0.05, 0) is 6.42 Å². The van der Waals surface area contributed by atoms with Gasteiger partial charge in [-0.15, -0.1) is 0 Å². The summed E-state index contributed by atoms with van der Waals surface area (Å²) < 4.78 is 4.55. The molecule has 5 N–H and O–H groups in total. The molecule has 0 heterocycles. The van der Waals surface area contributed by atoms with E-state index in [0.717, 1.165) is 0 Å². The maximum absolute atomic E-state index is 11.3. The molecular weight excluding hydrogens is 248 g/mol. The van der Waals surface area contributed by atoms with Crippen molar-refractivity contribution in [3.63, 3.8) is 0 Å². The summed E-state index contributed by atoms with van der Waals surface area (Å²) in [4.78, 5) is 21.7. The second-order valence-electron chi connectivity index (χ2n) is 3.69. The number of rotatable bonds is 8. The first kappa shape index (κ1) is 16.9. The third-order valence-electron chi connectivity index (χ3n) is 2.30. The van der Waals surface area contributed by atoms with E-state index in [1.54, 1.807) is 0 Å². The number of carbonyl (C=O) groups is 2. The van der Waals surface area contributed by atoms with E-state index in [9.17, 15) is 19.8 Å². The van der Waals surface area contributed by atoms with Gasteiger partial charge in [0.2, 0.25) is 0 Å². The number of hydrogen-bond acceptors (Lipinski definition) is 8. The van der Waals surface area contributed by atoms with Crippen LogP contribution in [-0.4, -0.2) is 74.9 Å². The lowest BCUT2D eigenvalue weighted by molar-refractivity contribution is -0.181.